The molecule has 0 saturated heterocycles. The summed E-state index contributed by atoms with van der Waals surface area (Å²) in [5.41, 5.74) is 8.69. The monoisotopic (exact) mass is 1490 g/mol. The van der Waals surface area contributed by atoms with Gasteiger partial charge in [0.1, 0.15) is 71.7 Å². The van der Waals surface area contributed by atoms with Gasteiger partial charge < -0.3 is 63.9 Å². The number of nitrogens with zero attached hydrogens (tertiary/aromatic N) is 3. The van der Waals surface area contributed by atoms with Gasteiger partial charge in [-0.2, -0.15) is 0 Å². The molecule has 2 fully saturated rings. The van der Waals surface area contributed by atoms with Gasteiger partial charge in [0.15, 0.2) is 0 Å². The second-order valence-electron chi connectivity index (χ2n) is 28.3. The van der Waals surface area contributed by atoms with Crippen LogP contribution in [-0.4, -0.2) is 110 Å². The average molecular weight is 1490 g/mol. The number of hydrogen-bond acceptors (Lipinski definition) is 13. The Kier molecular flexibility index (Phi) is 28.8. The zero-order valence-electron chi connectivity index (χ0n) is 63.6. The number of hydrogen-bond donors (Lipinski definition) is 5. The number of carboxylic acid groups (broad SMARTS) is 4. The van der Waals surface area contributed by atoms with Gasteiger partial charge in [-0.05, 0) is 163 Å². The fourth-order valence-corrected chi connectivity index (χ4v) is 14.1. The molecule has 2 aliphatic carbocycles. The maximum absolute atomic E-state index is 11.7. The molecule has 0 aromatic heterocycles. The highest BCUT2D eigenvalue weighted by atomic mass is 16.5. The molecule has 12 aromatic carbocycles. The van der Waals surface area contributed by atoms with Crippen LogP contribution in [0, 0.1) is 11.8 Å². The third-order valence-electron chi connectivity index (χ3n) is 20.5. The first kappa shape index (κ1) is 80.1. The third-order valence-corrected chi connectivity index (χ3v) is 20.5. The molecule has 17 nitrogen and oxygen atoms in total. The Morgan fingerprint density at radius 1 is 0.387 bits per heavy atom. The standard InChI is InChI=1S/C26H28O3.C25H27NO3.C22H23NO4.C21H21NO4/c27-26(28)24-16-15-20(14-13-19-7-2-1-3-8-19)17-25(24)29-18-22-11-6-10-21-9-4-5-12-23(21)22;1-2-14-26(16-18-10-11-18)21-12-13-23(25(27)28)24(15-21)29-17-20-8-5-7-19-6-3-4-9-22(19)20;1-23(12-13-26-2)18-10-11-20(22(24)25)21(14-18)27-15-17-8-5-7-16-6-3-4-9-19(16)17;1-22(11-12-23)17-9-10-19(21(24)25)20(13-17)26-14-16-7-4-6-15-5-2-3-8-18(15)16/h4-6,9-12,15-17,19H,1-3,7-8,13-14,18H2,(H,27,28);3-9,12-13,15,18H,2,10-11,14,16-17H2,1H3,(H,27,28);3-11,14H,12-13,15H2,1-2H3,(H,24,25);2-10,13,23H,11-12,14H2,1H3,(H,24,25). The minimum Gasteiger partial charge on any atom is -0.488 e. The van der Waals surface area contributed by atoms with E-state index in [0.717, 1.165) is 126 Å². The molecule has 2 saturated carbocycles. The van der Waals surface area contributed by atoms with E-state index in [1.165, 1.54) is 57.4 Å². The van der Waals surface area contributed by atoms with Crippen LogP contribution >= 0.6 is 0 Å². The number of anilines is 3. The topological polar surface area (TPSA) is 225 Å². The van der Waals surface area contributed by atoms with E-state index in [4.69, 9.17) is 28.8 Å². The van der Waals surface area contributed by atoms with E-state index in [0.29, 0.717) is 62.5 Å². The number of carboxylic acids is 4. The molecule has 0 atom stereocenters. The largest absolute Gasteiger partial charge is 0.488 e. The van der Waals surface area contributed by atoms with E-state index in [1.807, 2.05) is 182 Å². The Balaban J connectivity index is 0.000000147. The van der Waals surface area contributed by atoms with E-state index in [2.05, 4.69) is 48.2 Å². The Bertz CT molecular complexity index is 5110. The van der Waals surface area contributed by atoms with Crippen LogP contribution in [0.3, 0.4) is 0 Å². The Labute approximate surface area is 649 Å². The minimum absolute atomic E-state index is 0.0172. The van der Waals surface area contributed by atoms with Gasteiger partial charge in [-0.25, -0.2) is 19.2 Å². The van der Waals surface area contributed by atoms with Gasteiger partial charge in [0.25, 0.3) is 0 Å². The third kappa shape index (κ3) is 22.2. The summed E-state index contributed by atoms with van der Waals surface area (Å²) in [4.78, 5) is 52.7. The molecule has 12 aromatic rings. The van der Waals surface area contributed by atoms with Crippen molar-refractivity contribution in [3.8, 4) is 23.0 Å². The molecule has 5 N–H and O–H groups in total. The first-order chi connectivity index (χ1) is 54.0. The molecule has 2 aliphatic rings. The Morgan fingerprint density at radius 3 is 1.11 bits per heavy atom. The van der Waals surface area contributed by atoms with Crippen molar-refractivity contribution in [2.24, 2.45) is 11.8 Å². The molecule has 111 heavy (non-hydrogen) atoms. The lowest BCUT2D eigenvalue weighted by Gasteiger charge is -2.25. The fourth-order valence-electron chi connectivity index (χ4n) is 14.1. The molecule has 0 aliphatic heterocycles. The number of ether oxygens (including phenoxy) is 5. The molecule has 0 spiro atoms. The quantitative estimate of drug-likeness (QED) is 0.0272. The van der Waals surface area contributed by atoms with Crippen LogP contribution in [-0.2, 0) is 37.6 Å². The molecule has 0 amide bonds. The predicted octanol–water partition coefficient (Wildman–Crippen LogP) is 20.1. The van der Waals surface area contributed by atoms with E-state index in [-0.39, 0.29) is 35.5 Å². The number of methoxy groups -OCH3 is 1. The summed E-state index contributed by atoms with van der Waals surface area (Å²) in [6.45, 7) is 7.18. The predicted molar refractivity (Wildman–Crippen MR) is 442 cm³/mol. The summed E-state index contributed by atoms with van der Waals surface area (Å²) < 4.78 is 29.1. The number of aryl methyl sites for hydroxylation is 1. The molecular weight excluding hydrogens is 1400 g/mol. The summed E-state index contributed by atoms with van der Waals surface area (Å²) in [5.74, 6) is -0.811. The molecule has 0 unspecified atom stereocenters. The summed E-state index contributed by atoms with van der Waals surface area (Å²) in [6, 6.07) is 77.8. The lowest BCUT2D eigenvalue weighted by Crippen LogP contribution is -2.26. The van der Waals surface area contributed by atoms with Crippen molar-refractivity contribution < 1.29 is 68.4 Å². The molecule has 0 heterocycles. The maximum atomic E-state index is 11.7. The van der Waals surface area contributed by atoms with Crippen molar-refractivity contribution in [3.63, 3.8) is 0 Å². The number of aromatic carboxylic acids is 4. The number of aliphatic hydroxyl groups is 1. The van der Waals surface area contributed by atoms with Gasteiger partial charge in [0.05, 0.1) is 13.2 Å². The number of aliphatic hydroxyl groups excluding tert-OH is 1. The highest BCUT2D eigenvalue weighted by Gasteiger charge is 2.26. The maximum Gasteiger partial charge on any atom is 0.339 e. The lowest BCUT2D eigenvalue weighted by atomic mass is 9.85. The van der Waals surface area contributed by atoms with Gasteiger partial charge in [-0.15, -0.1) is 0 Å². The van der Waals surface area contributed by atoms with Crippen LogP contribution in [0.4, 0.5) is 17.1 Å². The van der Waals surface area contributed by atoms with E-state index in [1.54, 1.807) is 49.6 Å². The number of benzene rings is 12. The first-order valence-corrected chi connectivity index (χ1v) is 38.2. The first-order valence-electron chi connectivity index (χ1n) is 38.2. The number of likely N-dealkylation sites (N-methyl/N-ethyl adjacent to an activating group) is 2. The molecule has 574 valence electrons. The minimum atomic E-state index is -1.03. The molecular formula is C94H99N3O14. The van der Waals surface area contributed by atoms with Gasteiger partial charge in [-0.1, -0.05) is 215 Å². The Morgan fingerprint density at radius 2 is 0.739 bits per heavy atom. The molecule has 0 bridgehead atoms. The van der Waals surface area contributed by atoms with Crippen molar-refractivity contribution in [2.45, 2.75) is 97.6 Å². The SMILES string of the molecule is CCCN(CC1CC1)c1ccc(C(=O)O)c(OCc2cccc3ccccc23)c1.CN(CCO)c1ccc(C(=O)O)c(OCc2cccc3ccccc23)c1.COCCN(C)c1ccc(C(=O)O)c(OCc2cccc3ccccc23)c1.O=C(O)c1ccc(CCC2CCCCC2)cc1OCc1cccc2ccccc12. The van der Waals surface area contributed by atoms with Crippen LogP contribution in [0.5, 0.6) is 23.0 Å². The van der Waals surface area contributed by atoms with Crippen LogP contribution in [0.1, 0.15) is 134 Å². The highest BCUT2D eigenvalue weighted by Crippen LogP contribution is 2.36. The van der Waals surface area contributed by atoms with Gasteiger partial charge in [0.2, 0.25) is 0 Å². The van der Waals surface area contributed by atoms with E-state index in [9.17, 15) is 39.6 Å². The zero-order chi connectivity index (χ0) is 78.0. The normalized spacial score (nSPS) is 12.5. The van der Waals surface area contributed by atoms with Crippen molar-refractivity contribution in [3.05, 3.63) is 293 Å². The van der Waals surface area contributed by atoms with Crippen molar-refractivity contribution in [2.75, 3.05) is 75.3 Å². The van der Waals surface area contributed by atoms with Crippen molar-refractivity contribution in [1.82, 2.24) is 0 Å². The Hall–Kier alpha value is -11.9. The second-order valence-corrected chi connectivity index (χ2v) is 28.3. The van der Waals surface area contributed by atoms with Crippen LogP contribution in [0.15, 0.2) is 243 Å². The second kappa shape index (κ2) is 40.0. The van der Waals surface area contributed by atoms with Crippen LogP contribution < -0.4 is 33.6 Å². The molecule has 0 radical (unpaired) electrons. The summed E-state index contributed by atoms with van der Waals surface area (Å²) in [5, 5.41) is 56.2. The number of fused-ring (bicyclic) bond motifs is 4. The van der Waals surface area contributed by atoms with E-state index < -0.39 is 23.9 Å². The fraction of sp³-hybridized carbons (Fsp3) is 0.277. The average Bonchev–Trinajstić information content (AvgIpc) is 1.16. The summed E-state index contributed by atoms with van der Waals surface area (Å²) in [6.07, 6.45) is 12.5. The van der Waals surface area contributed by atoms with Gasteiger partial charge in [0, 0.05) is 82.6 Å². The zero-order valence-corrected chi connectivity index (χ0v) is 63.6. The molecule has 14 rings (SSSR count). The van der Waals surface area contributed by atoms with Crippen LogP contribution in [0.2, 0.25) is 0 Å². The van der Waals surface area contributed by atoms with Crippen molar-refractivity contribution in [1.29, 1.82) is 0 Å². The van der Waals surface area contributed by atoms with Gasteiger partial charge in [-0.3, -0.25) is 0 Å². The van der Waals surface area contributed by atoms with Gasteiger partial charge >= 0.3 is 23.9 Å². The molecule has 17 heteroatoms. The van der Waals surface area contributed by atoms with E-state index >= 15 is 0 Å². The number of carbonyl (C=O) groups is 4. The highest BCUT2D eigenvalue weighted by molar-refractivity contribution is 5.95. The number of rotatable bonds is 31. The van der Waals surface area contributed by atoms with Crippen LogP contribution in [0.25, 0.3) is 43.1 Å². The van der Waals surface area contributed by atoms with Crippen molar-refractivity contribution >= 4 is 84.0 Å². The summed E-state index contributed by atoms with van der Waals surface area (Å²) >= 11 is 0. The summed E-state index contributed by atoms with van der Waals surface area (Å²) in [7, 11) is 5.42. The lowest BCUT2D eigenvalue weighted by molar-refractivity contribution is 0.0680. The smallest absolute Gasteiger partial charge is 0.339 e.